The van der Waals surface area contributed by atoms with Gasteiger partial charge in [-0.25, -0.2) is 4.57 Å². The van der Waals surface area contributed by atoms with Crippen LogP contribution in [0.15, 0.2) is 0 Å². The maximum absolute atomic E-state index is 8.88. The van der Waals surface area contributed by atoms with Crippen molar-refractivity contribution >= 4 is 7.82 Å². The van der Waals surface area contributed by atoms with Crippen LogP contribution in [0.1, 0.15) is 0 Å². The van der Waals surface area contributed by atoms with E-state index in [1.165, 1.54) is 0 Å². The van der Waals surface area contributed by atoms with Gasteiger partial charge in [0.25, 0.3) is 0 Å². The Hall–Kier alpha value is 1.07. The molecule has 7 heteroatoms. The fourth-order valence-electron chi connectivity index (χ4n) is 0. The fraction of sp³-hybridized carbons (Fsp3) is 0.500. The minimum atomic E-state index is -4.64. The summed E-state index contributed by atoms with van der Waals surface area (Å²) in [6, 6.07) is 0. The molecule has 5 N–H and O–H groups in total. The summed E-state index contributed by atoms with van der Waals surface area (Å²) >= 11 is 0. The second-order valence-electron chi connectivity index (χ2n) is 0.802. The molecular weight excluding hydrogens is 156 g/mol. The van der Waals surface area contributed by atoms with E-state index in [0.717, 1.165) is 0 Å². The van der Waals surface area contributed by atoms with Crippen molar-refractivity contribution in [3.05, 3.63) is 6.92 Å². The third-order valence-corrected chi connectivity index (χ3v) is 0. The SMILES string of the molecule is O=P(O)(O)O.[CH2-]CN.[Na+]. The number of rotatable bonds is 0. The third-order valence-electron chi connectivity index (χ3n) is 0. The maximum atomic E-state index is 8.88. The monoisotopic (exact) mass is 165 g/mol. The van der Waals surface area contributed by atoms with E-state index in [4.69, 9.17) is 25.0 Å². The Morgan fingerprint density at radius 3 is 1.44 bits per heavy atom. The van der Waals surface area contributed by atoms with Gasteiger partial charge in [-0.1, -0.05) is 0 Å². The van der Waals surface area contributed by atoms with Crippen LogP contribution in [0.5, 0.6) is 0 Å². The molecule has 0 amide bonds. The Balaban J connectivity index is -0.0000000800. The topological polar surface area (TPSA) is 104 Å². The molecule has 0 atom stereocenters. The van der Waals surface area contributed by atoms with E-state index in [-0.39, 0.29) is 29.6 Å². The van der Waals surface area contributed by atoms with Gasteiger partial charge < -0.3 is 27.3 Å². The van der Waals surface area contributed by atoms with Crippen molar-refractivity contribution in [1.29, 1.82) is 0 Å². The second kappa shape index (κ2) is 9.07. The summed E-state index contributed by atoms with van der Waals surface area (Å²) in [6.45, 7) is 3.76. The van der Waals surface area contributed by atoms with Gasteiger partial charge in [0.1, 0.15) is 0 Å². The molecule has 0 rings (SSSR count). The summed E-state index contributed by atoms with van der Waals surface area (Å²) in [5.74, 6) is 0. The number of nitrogens with two attached hydrogens (primary N) is 1. The summed E-state index contributed by atoms with van der Waals surface area (Å²) in [5.41, 5.74) is 4.74. The molecule has 0 aliphatic rings. The summed E-state index contributed by atoms with van der Waals surface area (Å²) < 4.78 is 8.88. The summed E-state index contributed by atoms with van der Waals surface area (Å²) in [5, 5.41) is 0. The van der Waals surface area contributed by atoms with Gasteiger partial charge in [0.2, 0.25) is 0 Å². The van der Waals surface area contributed by atoms with Crippen LogP contribution in [-0.4, -0.2) is 21.2 Å². The van der Waals surface area contributed by atoms with Gasteiger partial charge in [-0.2, -0.15) is 0 Å². The molecule has 0 saturated carbocycles. The first-order valence-electron chi connectivity index (χ1n) is 1.69. The van der Waals surface area contributed by atoms with Gasteiger partial charge in [-0.3, -0.25) is 0 Å². The molecule has 0 unspecified atom stereocenters. The van der Waals surface area contributed by atoms with Crippen LogP contribution in [0, 0.1) is 6.92 Å². The molecule has 9 heavy (non-hydrogen) atoms. The smallest absolute Gasteiger partial charge is 0.360 e. The Kier molecular flexibility index (Phi) is 16.7. The molecule has 0 aliphatic carbocycles. The van der Waals surface area contributed by atoms with Gasteiger partial charge in [0.05, 0.1) is 0 Å². The predicted octanol–water partition coefficient (Wildman–Crippen LogP) is -4.15. The molecule has 0 aliphatic heterocycles. The van der Waals surface area contributed by atoms with Crippen molar-refractivity contribution in [3.63, 3.8) is 0 Å². The third kappa shape index (κ3) is 396. The zero-order valence-electron chi connectivity index (χ0n) is 5.19. The summed E-state index contributed by atoms with van der Waals surface area (Å²) in [7, 11) is -4.64. The van der Waals surface area contributed by atoms with Crippen LogP contribution < -0.4 is 35.3 Å². The van der Waals surface area contributed by atoms with Crippen molar-refractivity contribution in [2.24, 2.45) is 5.73 Å². The summed E-state index contributed by atoms with van der Waals surface area (Å²) in [6.07, 6.45) is 0. The summed E-state index contributed by atoms with van der Waals surface area (Å²) in [4.78, 5) is 21.6. The molecule has 5 nitrogen and oxygen atoms in total. The van der Waals surface area contributed by atoms with Crippen molar-refractivity contribution in [3.8, 4) is 0 Å². The van der Waals surface area contributed by atoms with Crippen LogP contribution in [-0.2, 0) is 4.57 Å². The fourth-order valence-corrected chi connectivity index (χ4v) is 0. The molecule has 0 heterocycles. The minimum absolute atomic E-state index is 0. The normalized spacial score (nSPS) is 8.56. The number of hydrogen-bond acceptors (Lipinski definition) is 2. The van der Waals surface area contributed by atoms with E-state index in [0.29, 0.717) is 6.54 Å². The van der Waals surface area contributed by atoms with E-state index < -0.39 is 7.82 Å². The standard InChI is InChI=1S/C2H6N.Na.H3O4P/c1-2-3;;1-5(2,3)4/h1-3H2;;(H3,1,2,3,4)/q-1;+1;. The molecule has 0 aromatic heterocycles. The van der Waals surface area contributed by atoms with E-state index >= 15 is 0 Å². The molecule has 0 bridgehead atoms. The van der Waals surface area contributed by atoms with Crippen LogP contribution in [0.25, 0.3) is 0 Å². The molecule has 0 fully saturated rings. The molecule has 52 valence electrons. The van der Waals surface area contributed by atoms with Crippen LogP contribution in [0.2, 0.25) is 0 Å². The largest absolute Gasteiger partial charge is 1.00 e. The Bertz CT molecular complexity index is 74.4. The molecular formula is C2H9NNaO4P. The predicted molar refractivity (Wildman–Crippen MR) is 28.7 cm³/mol. The molecule has 0 radical (unpaired) electrons. The second-order valence-corrected chi connectivity index (χ2v) is 1.83. The first kappa shape index (κ1) is 16.6. The van der Waals surface area contributed by atoms with Crippen molar-refractivity contribution in [2.75, 3.05) is 6.54 Å². The van der Waals surface area contributed by atoms with Gasteiger partial charge in [-0.15, -0.1) is 6.54 Å². The van der Waals surface area contributed by atoms with Crippen LogP contribution >= 0.6 is 7.82 Å². The van der Waals surface area contributed by atoms with E-state index in [1.54, 1.807) is 0 Å². The van der Waals surface area contributed by atoms with Crippen LogP contribution in [0.4, 0.5) is 0 Å². The average Bonchev–Trinajstić information content (AvgIpc) is 1.27. The zero-order chi connectivity index (χ0) is 7.21. The van der Waals surface area contributed by atoms with Crippen molar-refractivity contribution < 1.29 is 48.8 Å². The van der Waals surface area contributed by atoms with Crippen LogP contribution in [0.3, 0.4) is 0 Å². The van der Waals surface area contributed by atoms with Crippen molar-refractivity contribution in [2.45, 2.75) is 0 Å². The quantitative estimate of drug-likeness (QED) is 0.166. The minimum Gasteiger partial charge on any atom is -0.360 e. The first-order chi connectivity index (χ1) is 3.41. The first-order valence-corrected chi connectivity index (χ1v) is 3.26. The molecule has 0 saturated heterocycles. The Morgan fingerprint density at radius 1 is 1.44 bits per heavy atom. The Morgan fingerprint density at radius 2 is 1.44 bits per heavy atom. The van der Waals surface area contributed by atoms with E-state index in [1.807, 2.05) is 0 Å². The zero-order valence-corrected chi connectivity index (χ0v) is 8.08. The van der Waals surface area contributed by atoms with Crippen molar-refractivity contribution in [1.82, 2.24) is 0 Å². The number of phosphoric acid groups is 1. The molecule has 0 aromatic rings. The molecule has 0 spiro atoms. The van der Waals surface area contributed by atoms with Gasteiger partial charge in [-0.05, 0) is 0 Å². The van der Waals surface area contributed by atoms with E-state index in [2.05, 4.69) is 6.92 Å². The van der Waals surface area contributed by atoms with Gasteiger partial charge >= 0.3 is 37.4 Å². The average molecular weight is 165 g/mol. The maximum Gasteiger partial charge on any atom is 1.00 e. The van der Waals surface area contributed by atoms with Gasteiger partial charge in [0.15, 0.2) is 0 Å². The molecule has 0 aromatic carbocycles. The number of hydrogen-bond donors (Lipinski definition) is 4. The van der Waals surface area contributed by atoms with E-state index in [9.17, 15) is 0 Å². The van der Waals surface area contributed by atoms with Gasteiger partial charge in [0, 0.05) is 0 Å². The Labute approximate surface area is 75.8 Å².